The Bertz CT molecular complexity index is 627. The Kier molecular flexibility index (Phi) is 2.40. The van der Waals surface area contributed by atoms with Crippen LogP contribution in [0.2, 0.25) is 0 Å². The summed E-state index contributed by atoms with van der Waals surface area (Å²) in [6.45, 7) is 6.26. The van der Waals surface area contributed by atoms with Crippen LogP contribution in [0.25, 0.3) is 11.0 Å². The minimum atomic E-state index is -0.0244. The third-order valence-corrected chi connectivity index (χ3v) is 3.58. The molecule has 0 saturated heterocycles. The summed E-state index contributed by atoms with van der Waals surface area (Å²) in [6.07, 6.45) is 0.825. The number of carbonyl (C=O) groups excluding carboxylic acids is 1. The van der Waals surface area contributed by atoms with E-state index in [0.29, 0.717) is 5.92 Å². The molecule has 1 unspecified atom stereocenters. The molecule has 1 aromatic heterocycles. The predicted molar refractivity (Wildman–Crippen MR) is 71.8 cm³/mol. The number of nitrogens with one attached hydrogen (secondary N) is 2. The van der Waals surface area contributed by atoms with Crippen molar-refractivity contribution in [2.24, 2.45) is 0 Å². The zero-order chi connectivity index (χ0) is 12.9. The van der Waals surface area contributed by atoms with Gasteiger partial charge in [-0.1, -0.05) is 20.8 Å². The molecule has 1 atom stereocenters. The summed E-state index contributed by atoms with van der Waals surface area (Å²) in [6, 6.07) is 4.04. The fourth-order valence-corrected chi connectivity index (χ4v) is 2.53. The quantitative estimate of drug-likeness (QED) is 0.851. The number of rotatable bonds is 2. The molecule has 0 fully saturated rings. The summed E-state index contributed by atoms with van der Waals surface area (Å²) in [5.74, 6) is 1.45. The van der Waals surface area contributed by atoms with Gasteiger partial charge in [-0.15, -0.1) is 0 Å². The van der Waals surface area contributed by atoms with Gasteiger partial charge in [0.25, 0.3) is 0 Å². The normalized spacial score (nSPS) is 18.4. The molecule has 0 aliphatic carbocycles. The highest BCUT2D eigenvalue weighted by Crippen LogP contribution is 2.37. The number of amides is 1. The van der Waals surface area contributed by atoms with Crippen molar-refractivity contribution in [3.8, 4) is 0 Å². The highest BCUT2D eigenvalue weighted by molar-refractivity contribution is 6.05. The molecule has 94 valence electrons. The molecular weight excluding hydrogens is 226 g/mol. The van der Waals surface area contributed by atoms with Crippen LogP contribution in [-0.4, -0.2) is 15.9 Å². The third-order valence-electron chi connectivity index (χ3n) is 3.58. The van der Waals surface area contributed by atoms with E-state index in [1.807, 2.05) is 19.1 Å². The fraction of sp³-hybridized carbons (Fsp3) is 0.429. The van der Waals surface area contributed by atoms with Crippen LogP contribution in [0.5, 0.6) is 0 Å². The second-order valence-electron chi connectivity index (χ2n) is 5.18. The number of fused-ring (bicyclic) bond motifs is 2. The Balaban J connectivity index is 2.16. The first-order chi connectivity index (χ1) is 8.60. The first kappa shape index (κ1) is 11.3. The Morgan fingerprint density at radius 3 is 2.83 bits per heavy atom. The van der Waals surface area contributed by atoms with E-state index in [0.717, 1.165) is 34.5 Å². The number of carbonyl (C=O) groups is 1. The molecule has 2 aromatic rings. The molecule has 0 spiro atoms. The van der Waals surface area contributed by atoms with Gasteiger partial charge in [-0.25, -0.2) is 4.98 Å². The highest BCUT2D eigenvalue weighted by Gasteiger charge is 2.29. The molecule has 1 aromatic carbocycles. The van der Waals surface area contributed by atoms with E-state index in [4.69, 9.17) is 0 Å². The van der Waals surface area contributed by atoms with E-state index in [-0.39, 0.29) is 11.8 Å². The van der Waals surface area contributed by atoms with Crippen molar-refractivity contribution in [1.82, 2.24) is 9.97 Å². The van der Waals surface area contributed by atoms with E-state index >= 15 is 0 Å². The van der Waals surface area contributed by atoms with E-state index in [9.17, 15) is 4.79 Å². The number of imidazole rings is 1. The molecule has 4 heteroatoms. The average molecular weight is 243 g/mol. The smallest absolute Gasteiger partial charge is 0.231 e. The van der Waals surface area contributed by atoms with Crippen molar-refractivity contribution in [3.05, 3.63) is 23.5 Å². The van der Waals surface area contributed by atoms with Crippen molar-refractivity contribution in [3.63, 3.8) is 0 Å². The number of nitrogens with zero attached hydrogens (tertiary/aromatic N) is 1. The van der Waals surface area contributed by atoms with Gasteiger partial charge in [0.15, 0.2) is 0 Å². The lowest BCUT2D eigenvalue weighted by Gasteiger charge is -2.03. The van der Waals surface area contributed by atoms with Crippen LogP contribution < -0.4 is 5.32 Å². The lowest BCUT2D eigenvalue weighted by molar-refractivity contribution is -0.117. The Hall–Kier alpha value is -1.84. The van der Waals surface area contributed by atoms with Crippen LogP contribution in [0.1, 0.15) is 50.4 Å². The number of aromatic amines is 1. The molecule has 4 nitrogen and oxygen atoms in total. The first-order valence-electron chi connectivity index (χ1n) is 6.44. The number of benzene rings is 1. The maximum absolute atomic E-state index is 11.8. The summed E-state index contributed by atoms with van der Waals surface area (Å²) in [7, 11) is 0. The summed E-state index contributed by atoms with van der Waals surface area (Å²) < 4.78 is 0. The molecule has 2 heterocycles. The maximum Gasteiger partial charge on any atom is 0.231 e. The lowest BCUT2D eigenvalue weighted by atomic mass is 9.98. The predicted octanol–water partition coefficient (Wildman–Crippen LogP) is 3.13. The fourth-order valence-electron chi connectivity index (χ4n) is 2.53. The molecule has 0 bridgehead atoms. The number of anilines is 1. The molecule has 0 saturated carbocycles. The summed E-state index contributed by atoms with van der Waals surface area (Å²) in [4.78, 5) is 19.7. The van der Waals surface area contributed by atoms with Gasteiger partial charge in [-0.2, -0.15) is 0 Å². The van der Waals surface area contributed by atoms with Gasteiger partial charge in [-0.3, -0.25) is 4.79 Å². The van der Waals surface area contributed by atoms with E-state index in [2.05, 4.69) is 29.1 Å². The first-order valence-corrected chi connectivity index (χ1v) is 6.44. The van der Waals surface area contributed by atoms with Crippen molar-refractivity contribution < 1.29 is 4.79 Å². The Labute approximate surface area is 106 Å². The second-order valence-corrected chi connectivity index (χ2v) is 5.18. The Morgan fingerprint density at radius 2 is 2.17 bits per heavy atom. The molecule has 18 heavy (non-hydrogen) atoms. The van der Waals surface area contributed by atoms with E-state index < -0.39 is 0 Å². The summed E-state index contributed by atoms with van der Waals surface area (Å²) in [5.41, 5.74) is 3.96. The van der Waals surface area contributed by atoms with Gasteiger partial charge in [0.2, 0.25) is 5.91 Å². The lowest BCUT2D eigenvalue weighted by Crippen LogP contribution is -2.10. The van der Waals surface area contributed by atoms with Gasteiger partial charge in [0.05, 0.1) is 17.0 Å². The number of aromatic nitrogens is 2. The molecule has 2 N–H and O–H groups in total. The second kappa shape index (κ2) is 3.83. The van der Waals surface area contributed by atoms with Gasteiger partial charge >= 0.3 is 0 Å². The summed E-state index contributed by atoms with van der Waals surface area (Å²) >= 11 is 0. The van der Waals surface area contributed by atoms with Crippen LogP contribution in [0.4, 0.5) is 5.69 Å². The molecule has 1 aliphatic heterocycles. The zero-order valence-electron chi connectivity index (χ0n) is 10.9. The van der Waals surface area contributed by atoms with Crippen molar-refractivity contribution in [2.75, 3.05) is 5.32 Å². The van der Waals surface area contributed by atoms with Gasteiger partial charge in [-0.05, 0) is 24.1 Å². The molecular formula is C14H17N3O. The van der Waals surface area contributed by atoms with Crippen LogP contribution in [0.3, 0.4) is 0 Å². The zero-order valence-corrected chi connectivity index (χ0v) is 10.9. The van der Waals surface area contributed by atoms with Crippen molar-refractivity contribution >= 4 is 22.6 Å². The minimum absolute atomic E-state index is 0.0244. The van der Waals surface area contributed by atoms with Gasteiger partial charge in [0, 0.05) is 11.6 Å². The van der Waals surface area contributed by atoms with Gasteiger partial charge in [0.1, 0.15) is 5.82 Å². The third kappa shape index (κ3) is 1.52. The summed E-state index contributed by atoms with van der Waals surface area (Å²) in [5, 5.41) is 2.94. The molecule has 0 radical (unpaired) electrons. The average Bonchev–Trinajstić information content (AvgIpc) is 2.85. The SMILES string of the molecule is CCC1C(=O)Nc2cc3[nH]c(C(C)C)nc3cc21. The van der Waals surface area contributed by atoms with Gasteiger partial charge < -0.3 is 10.3 Å². The topological polar surface area (TPSA) is 57.8 Å². The van der Waals surface area contributed by atoms with Crippen molar-refractivity contribution in [2.45, 2.75) is 39.0 Å². The largest absolute Gasteiger partial charge is 0.342 e. The number of H-pyrrole nitrogens is 1. The van der Waals surface area contributed by atoms with Crippen LogP contribution in [-0.2, 0) is 4.79 Å². The number of hydrogen-bond acceptors (Lipinski definition) is 2. The molecule has 1 aliphatic rings. The number of hydrogen-bond donors (Lipinski definition) is 2. The van der Waals surface area contributed by atoms with E-state index in [1.165, 1.54) is 0 Å². The minimum Gasteiger partial charge on any atom is -0.342 e. The van der Waals surface area contributed by atoms with Crippen LogP contribution >= 0.6 is 0 Å². The highest BCUT2D eigenvalue weighted by atomic mass is 16.2. The maximum atomic E-state index is 11.8. The van der Waals surface area contributed by atoms with Crippen LogP contribution in [0, 0.1) is 0 Å². The van der Waals surface area contributed by atoms with E-state index in [1.54, 1.807) is 0 Å². The van der Waals surface area contributed by atoms with Crippen LogP contribution in [0.15, 0.2) is 12.1 Å². The molecule has 1 amide bonds. The molecule has 3 rings (SSSR count). The van der Waals surface area contributed by atoms with Crippen molar-refractivity contribution in [1.29, 1.82) is 0 Å². The Morgan fingerprint density at radius 1 is 1.39 bits per heavy atom. The standard InChI is InChI=1S/C14H17N3O/c1-4-8-9-5-11-12(6-10(9)17-14(8)18)16-13(15-11)7(2)3/h5-8H,4H2,1-3H3,(H,15,16)(H,17,18). The monoisotopic (exact) mass is 243 g/mol.